The molecule has 0 aromatic carbocycles. The van der Waals surface area contributed by atoms with Crippen LogP contribution < -0.4 is 5.32 Å². The molecule has 2 fully saturated rings. The first kappa shape index (κ1) is 13.3. The molecule has 1 N–H and O–H groups in total. The Morgan fingerprint density at radius 1 is 1.41 bits per heavy atom. The van der Waals surface area contributed by atoms with Gasteiger partial charge < -0.3 is 14.8 Å². The molecule has 1 saturated heterocycles. The number of ether oxygens (including phenoxy) is 2. The van der Waals surface area contributed by atoms with Crippen molar-refractivity contribution >= 4 is 0 Å². The first-order valence-corrected chi connectivity index (χ1v) is 6.99. The molecule has 1 saturated carbocycles. The van der Waals surface area contributed by atoms with E-state index < -0.39 is 0 Å². The Bertz CT molecular complexity index is 240. The molecule has 1 heterocycles. The molecule has 1 aliphatic heterocycles. The summed E-state index contributed by atoms with van der Waals surface area (Å²) in [7, 11) is 1.81. The van der Waals surface area contributed by atoms with E-state index in [2.05, 4.69) is 19.2 Å². The summed E-state index contributed by atoms with van der Waals surface area (Å²) in [6, 6.07) is 0. The molecule has 2 aliphatic rings. The van der Waals surface area contributed by atoms with Crippen molar-refractivity contribution in [2.24, 2.45) is 17.3 Å². The van der Waals surface area contributed by atoms with Crippen molar-refractivity contribution in [1.82, 2.24) is 5.32 Å². The van der Waals surface area contributed by atoms with Crippen molar-refractivity contribution in [3.63, 3.8) is 0 Å². The summed E-state index contributed by atoms with van der Waals surface area (Å²) in [4.78, 5) is 0. The van der Waals surface area contributed by atoms with E-state index >= 15 is 0 Å². The van der Waals surface area contributed by atoms with Gasteiger partial charge in [-0.05, 0) is 37.6 Å². The molecule has 100 valence electrons. The van der Waals surface area contributed by atoms with Crippen LogP contribution in [-0.2, 0) is 9.47 Å². The Hall–Kier alpha value is -0.120. The van der Waals surface area contributed by atoms with Gasteiger partial charge >= 0.3 is 0 Å². The number of rotatable bonds is 7. The second kappa shape index (κ2) is 5.68. The summed E-state index contributed by atoms with van der Waals surface area (Å²) in [5.41, 5.74) is 0.227. The third kappa shape index (κ3) is 3.21. The van der Waals surface area contributed by atoms with Gasteiger partial charge in [-0.15, -0.1) is 0 Å². The molecule has 0 radical (unpaired) electrons. The minimum Gasteiger partial charge on any atom is -0.384 e. The van der Waals surface area contributed by atoms with Crippen molar-refractivity contribution in [2.45, 2.75) is 39.2 Å². The normalized spacial score (nSPS) is 33.5. The van der Waals surface area contributed by atoms with Crippen LogP contribution in [0.25, 0.3) is 0 Å². The van der Waals surface area contributed by atoms with Crippen LogP contribution in [0.1, 0.15) is 33.1 Å². The lowest BCUT2D eigenvalue weighted by molar-refractivity contribution is -0.0120. The van der Waals surface area contributed by atoms with Gasteiger partial charge in [-0.25, -0.2) is 0 Å². The number of nitrogens with one attached hydrogen (secondary N) is 1. The Morgan fingerprint density at radius 3 is 2.76 bits per heavy atom. The second-order valence-corrected chi connectivity index (χ2v) is 6.20. The first-order valence-electron chi connectivity index (χ1n) is 6.99. The zero-order valence-corrected chi connectivity index (χ0v) is 11.5. The predicted octanol–water partition coefficient (Wildman–Crippen LogP) is 2.06. The molecular formula is C14H27NO2. The fourth-order valence-corrected chi connectivity index (χ4v) is 3.03. The monoisotopic (exact) mass is 241 g/mol. The molecule has 2 atom stereocenters. The predicted molar refractivity (Wildman–Crippen MR) is 69.1 cm³/mol. The van der Waals surface area contributed by atoms with Crippen LogP contribution in [0.4, 0.5) is 0 Å². The molecule has 0 aromatic rings. The minimum absolute atomic E-state index is 0.227. The number of hydrogen-bond acceptors (Lipinski definition) is 3. The molecular weight excluding hydrogens is 214 g/mol. The van der Waals surface area contributed by atoms with Crippen LogP contribution in [0, 0.1) is 17.3 Å². The van der Waals surface area contributed by atoms with E-state index in [1.165, 1.54) is 12.8 Å². The highest BCUT2D eigenvalue weighted by Gasteiger charge is 2.50. The summed E-state index contributed by atoms with van der Waals surface area (Å²) < 4.78 is 11.5. The highest BCUT2D eigenvalue weighted by atomic mass is 16.5. The summed E-state index contributed by atoms with van der Waals surface area (Å²) >= 11 is 0. The van der Waals surface area contributed by atoms with Gasteiger partial charge in [0.1, 0.15) is 0 Å². The third-order valence-electron chi connectivity index (χ3n) is 4.01. The summed E-state index contributed by atoms with van der Waals surface area (Å²) in [6.45, 7) is 8.37. The average Bonchev–Trinajstić information content (AvgIpc) is 3.02. The van der Waals surface area contributed by atoms with E-state index in [9.17, 15) is 0 Å². The van der Waals surface area contributed by atoms with Crippen molar-refractivity contribution < 1.29 is 9.47 Å². The molecule has 2 rings (SSSR count). The molecule has 17 heavy (non-hydrogen) atoms. The molecule has 0 aromatic heterocycles. The Morgan fingerprint density at radius 2 is 2.18 bits per heavy atom. The van der Waals surface area contributed by atoms with Gasteiger partial charge in [0.25, 0.3) is 0 Å². The van der Waals surface area contributed by atoms with E-state index in [0.717, 1.165) is 38.6 Å². The molecule has 3 nitrogen and oxygen atoms in total. The lowest BCUT2D eigenvalue weighted by atomic mass is 9.79. The summed E-state index contributed by atoms with van der Waals surface area (Å²) in [6.07, 6.45) is 4.27. The van der Waals surface area contributed by atoms with Crippen molar-refractivity contribution in [3.05, 3.63) is 0 Å². The molecule has 2 unspecified atom stereocenters. The van der Waals surface area contributed by atoms with Gasteiger partial charge in [0.05, 0.1) is 12.7 Å². The highest BCUT2D eigenvalue weighted by Crippen LogP contribution is 2.47. The maximum atomic E-state index is 5.98. The van der Waals surface area contributed by atoms with Crippen LogP contribution in [-0.4, -0.2) is 39.5 Å². The molecule has 0 amide bonds. The first-order chi connectivity index (χ1) is 8.18. The SMILES string of the molecule is COCC1(CNCC(C)C)CCOC1C1CC1. The van der Waals surface area contributed by atoms with Crippen LogP contribution >= 0.6 is 0 Å². The lowest BCUT2D eigenvalue weighted by Crippen LogP contribution is -2.45. The summed E-state index contributed by atoms with van der Waals surface area (Å²) in [5, 5.41) is 3.61. The van der Waals surface area contributed by atoms with Gasteiger partial charge in [-0.2, -0.15) is 0 Å². The van der Waals surface area contributed by atoms with Gasteiger partial charge in [0.15, 0.2) is 0 Å². The topological polar surface area (TPSA) is 30.5 Å². The van der Waals surface area contributed by atoms with Crippen LogP contribution in [0.15, 0.2) is 0 Å². The zero-order chi connectivity index (χ0) is 12.3. The Balaban J connectivity index is 1.92. The fraction of sp³-hybridized carbons (Fsp3) is 1.00. The molecule has 0 bridgehead atoms. The average molecular weight is 241 g/mol. The highest BCUT2D eigenvalue weighted by molar-refractivity contribution is 5.00. The van der Waals surface area contributed by atoms with E-state index in [4.69, 9.17) is 9.47 Å². The largest absolute Gasteiger partial charge is 0.384 e. The maximum Gasteiger partial charge on any atom is 0.0694 e. The number of methoxy groups -OCH3 is 1. The number of hydrogen-bond donors (Lipinski definition) is 1. The Kier molecular flexibility index (Phi) is 4.45. The van der Waals surface area contributed by atoms with Crippen molar-refractivity contribution in [1.29, 1.82) is 0 Å². The van der Waals surface area contributed by atoms with E-state index in [-0.39, 0.29) is 5.41 Å². The van der Waals surface area contributed by atoms with Crippen LogP contribution in [0.3, 0.4) is 0 Å². The van der Waals surface area contributed by atoms with Gasteiger partial charge in [0, 0.05) is 25.7 Å². The smallest absolute Gasteiger partial charge is 0.0694 e. The lowest BCUT2D eigenvalue weighted by Gasteiger charge is -2.34. The minimum atomic E-state index is 0.227. The van der Waals surface area contributed by atoms with E-state index in [0.29, 0.717) is 12.0 Å². The van der Waals surface area contributed by atoms with E-state index in [1.807, 2.05) is 7.11 Å². The summed E-state index contributed by atoms with van der Waals surface area (Å²) in [5.74, 6) is 1.50. The Labute approximate surface area is 105 Å². The van der Waals surface area contributed by atoms with Gasteiger partial charge in [-0.1, -0.05) is 13.8 Å². The maximum absolute atomic E-state index is 5.98. The molecule has 0 spiro atoms. The standard InChI is InChI=1S/C14H27NO2/c1-11(2)8-15-9-14(10-16-3)6-7-17-13(14)12-4-5-12/h11-13,15H,4-10H2,1-3H3. The van der Waals surface area contributed by atoms with Gasteiger partial charge in [0.2, 0.25) is 0 Å². The fourth-order valence-electron chi connectivity index (χ4n) is 3.03. The third-order valence-corrected chi connectivity index (χ3v) is 4.01. The van der Waals surface area contributed by atoms with E-state index in [1.54, 1.807) is 0 Å². The van der Waals surface area contributed by atoms with Crippen molar-refractivity contribution in [2.75, 3.05) is 33.4 Å². The quantitative estimate of drug-likeness (QED) is 0.740. The zero-order valence-electron chi connectivity index (χ0n) is 11.5. The second-order valence-electron chi connectivity index (χ2n) is 6.20. The van der Waals surface area contributed by atoms with Crippen molar-refractivity contribution in [3.8, 4) is 0 Å². The van der Waals surface area contributed by atoms with Gasteiger partial charge in [-0.3, -0.25) is 0 Å². The van der Waals surface area contributed by atoms with Crippen LogP contribution in [0.5, 0.6) is 0 Å². The molecule has 3 heteroatoms. The van der Waals surface area contributed by atoms with Crippen LogP contribution in [0.2, 0.25) is 0 Å². The molecule has 1 aliphatic carbocycles.